The Hall–Kier alpha value is -2.32. The summed E-state index contributed by atoms with van der Waals surface area (Å²) in [5, 5.41) is 3.47. The van der Waals surface area contributed by atoms with Crippen LogP contribution in [-0.2, 0) is 19.5 Å². The van der Waals surface area contributed by atoms with E-state index in [9.17, 15) is 9.59 Å². The number of hydrogen-bond acceptors (Lipinski definition) is 5. The molecule has 4 rings (SSSR count). The summed E-state index contributed by atoms with van der Waals surface area (Å²) in [7, 11) is 0. The molecule has 0 radical (unpaired) electrons. The number of primary amides is 1. The van der Waals surface area contributed by atoms with Crippen molar-refractivity contribution in [3.8, 4) is 0 Å². The van der Waals surface area contributed by atoms with Gasteiger partial charge in [0.2, 0.25) is 0 Å². The molecule has 0 unspecified atom stereocenters. The number of nitrogens with one attached hydrogen (secondary N) is 1. The van der Waals surface area contributed by atoms with E-state index >= 15 is 0 Å². The van der Waals surface area contributed by atoms with Gasteiger partial charge in [-0.05, 0) is 48.1 Å². The molecule has 2 heterocycles. The van der Waals surface area contributed by atoms with Gasteiger partial charge < -0.3 is 11.1 Å². The molecule has 0 aliphatic carbocycles. The molecule has 3 N–H and O–H groups in total. The number of benzene rings is 2. The van der Waals surface area contributed by atoms with Gasteiger partial charge in [0, 0.05) is 35.0 Å². The fourth-order valence-electron chi connectivity index (χ4n) is 3.70. The Morgan fingerprint density at radius 2 is 1.84 bits per heavy atom. The van der Waals surface area contributed by atoms with Crippen molar-refractivity contribution in [1.82, 2.24) is 4.90 Å². The Balaban J connectivity index is 0.00000272. The number of hydrogen-bond donors (Lipinski definition) is 2. The van der Waals surface area contributed by atoms with Crippen molar-refractivity contribution < 1.29 is 9.59 Å². The van der Waals surface area contributed by atoms with E-state index in [1.165, 1.54) is 16.9 Å². The van der Waals surface area contributed by atoms with Crippen LogP contribution >= 0.6 is 35.5 Å². The lowest BCUT2D eigenvalue weighted by Crippen LogP contribution is -2.30. The van der Waals surface area contributed by atoms with Crippen molar-refractivity contribution >= 4 is 52.3 Å². The molecule has 31 heavy (non-hydrogen) atoms. The normalized spacial score (nSPS) is 13.2. The lowest BCUT2D eigenvalue weighted by Gasteiger charge is -2.27. The summed E-state index contributed by atoms with van der Waals surface area (Å²) in [6.07, 6.45) is 2.74. The smallest absolute Gasteiger partial charge is 0.256 e. The summed E-state index contributed by atoms with van der Waals surface area (Å²) in [5.74, 6) is -0.720. The Morgan fingerprint density at radius 1 is 1.13 bits per heavy atom. The van der Waals surface area contributed by atoms with Gasteiger partial charge in [0.15, 0.2) is 0 Å². The first-order chi connectivity index (χ1) is 14.5. The molecule has 0 saturated heterocycles. The first kappa shape index (κ1) is 23.3. The molecule has 1 aliphatic heterocycles. The van der Waals surface area contributed by atoms with Gasteiger partial charge in [0.25, 0.3) is 11.8 Å². The zero-order valence-corrected chi connectivity index (χ0v) is 19.5. The lowest BCUT2D eigenvalue weighted by molar-refractivity contribution is 0.0999. The molecule has 162 valence electrons. The van der Waals surface area contributed by atoms with Crippen LogP contribution in [0.25, 0.3) is 0 Å². The first-order valence-electron chi connectivity index (χ1n) is 9.71. The minimum atomic E-state index is -0.489. The predicted molar refractivity (Wildman–Crippen MR) is 131 cm³/mol. The maximum Gasteiger partial charge on any atom is 0.256 e. The molecule has 0 spiro atoms. The third-order valence-electron chi connectivity index (χ3n) is 5.21. The number of nitrogens with two attached hydrogens (primary N) is 1. The zero-order valence-electron chi connectivity index (χ0n) is 17.1. The SMILES string of the molecule is CSc1ccc(C(=O)Nc2sc3c(c2C(N)=O)CCN(Cc2ccccc2)C3)cc1.Cl. The van der Waals surface area contributed by atoms with Crippen LogP contribution in [0, 0.1) is 0 Å². The van der Waals surface area contributed by atoms with Crippen LogP contribution in [0.4, 0.5) is 5.00 Å². The molecule has 0 saturated carbocycles. The Kier molecular flexibility index (Phi) is 7.78. The second kappa shape index (κ2) is 10.3. The average Bonchev–Trinajstić information content (AvgIpc) is 3.11. The number of carbonyl (C=O) groups excluding carboxylic acids is 2. The maximum atomic E-state index is 12.7. The van der Waals surface area contributed by atoms with Crippen molar-refractivity contribution in [1.29, 1.82) is 0 Å². The van der Waals surface area contributed by atoms with E-state index in [0.717, 1.165) is 41.4 Å². The monoisotopic (exact) mass is 473 g/mol. The van der Waals surface area contributed by atoms with Crippen molar-refractivity contribution in [2.24, 2.45) is 5.73 Å². The second-order valence-electron chi connectivity index (χ2n) is 7.20. The lowest BCUT2D eigenvalue weighted by atomic mass is 10.0. The Morgan fingerprint density at radius 3 is 2.48 bits per heavy atom. The minimum Gasteiger partial charge on any atom is -0.365 e. The number of rotatable bonds is 6. The quantitative estimate of drug-likeness (QED) is 0.504. The van der Waals surface area contributed by atoms with Crippen molar-refractivity contribution in [2.45, 2.75) is 24.4 Å². The van der Waals surface area contributed by atoms with Crippen LogP contribution in [0.1, 0.15) is 36.7 Å². The number of halogens is 1. The van der Waals surface area contributed by atoms with E-state index < -0.39 is 5.91 Å². The van der Waals surface area contributed by atoms with Crippen molar-refractivity contribution in [3.05, 3.63) is 81.7 Å². The zero-order chi connectivity index (χ0) is 21.1. The summed E-state index contributed by atoms with van der Waals surface area (Å²) in [4.78, 5) is 29.5. The molecule has 2 amide bonds. The number of thiophene rings is 1. The van der Waals surface area contributed by atoms with Gasteiger partial charge in [-0.2, -0.15) is 0 Å². The summed E-state index contributed by atoms with van der Waals surface area (Å²) in [6.45, 7) is 2.45. The van der Waals surface area contributed by atoms with Crippen LogP contribution in [0.5, 0.6) is 0 Å². The summed E-state index contributed by atoms with van der Waals surface area (Å²) in [5.41, 5.74) is 8.95. The van der Waals surface area contributed by atoms with Gasteiger partial charge in [0.05, 0.1) is 5.56 Å². The molecule has 1 aromatic heterocycles. The molecule has 1 aliphatic rings. The molecule has 0 fully saturated rings. The largest absolute Gasteiger partial charge is 0.365 e. The first-order valence-corrected chi connectivity index (χ1v) is 11.8. The van der Waals surface area contributed by atoms with Gasteiger partial charge >= 0.3 is 0 Å². The average molecular weight is 474 g/mol. The number of nitrogens with zero attached hydrogens (tertiary/aromatic N) is 1. The van der Waals surface area contributed by atoms with Gasteiger partial charge in [-0.3, -0.25) is 14.5 Å². The topological polar surface area (TPSA) is 75.4 Å². The molecule has 2 aromatic carbocycles. The third kappa shape index (κ3) is 5.30. The molecular weight excluding hydrogens is 450 g/mol. The van der Waals surface area contributed by atoms with Gasteiger partial charge in [-0.1, -0.05) is 30.3 Å². The van der Waals surface area contributed by atoms with Crippen LogP contribution in [0.15, 0.2) is 59.5 Å². The molecule has 0 bridgehead atoms. The number of thioether (sulfide) groups is 1. The minimum absolute atomic E-state index is 0. The second-order valence-corrected chi connectivity index (χ2v) is 9.19. The number of fused-ring (bicyclic) bond motifs is 1. The predicted octanol–water partition coefficient (Wildman–Crippen LogP) is 4.80. The van der Waals surface area contributed by atoms with Crippen LogP contribution in [0.2, 0.25) is 0 Å². The fourth-order valence-corrected chi connectivity index (χ4v) is 5.40. The fraction of sp³-hybridized carbons (Fsp3) is 0.217. The van der Waals surface area contributed by atoms with Crippen LogP contribution in [-0.4, -0.2) is 29.5 Å². The Bertz CT molecular complexity index is 1070. The summed E-state index contributed by atoms with van der Waals surface area (Å²) < 4.78 is 0. The van der Waals surface area contributed by atoms with E-state index in [1.807, 2.05) is 36.6 Å². The summed E-state index contributed by atoms with van der Waals surface area (Å²) in [6, 6.07) is 17.7. The highest BCUT2D eigenvalue weighted by Gasteiger charge is 2.28. The molecule has 5 nitrogen and oxygen atoms in total. The van der Waals surface area contributed by atoms with Gasteiger partial charge in [0.1, 0.15) is 5.00 Å². The number of amides is 2. The highest BCUT2D eigenvalue weighted by molar-refractivity contribution is 7.98. The van der Waals surface area contributed by atoms with E-state index in [4.69, 9.17) is 5.73 Å². The van der Waals surface area contributed by atoms with Crippen LogP contribution < -0.4 is 11.1 Å². The number of carbonyl (C=O) groups is 2. The van der Waals surface area contributed by atoms with E-state index in [1.54, 1.807) is 23.9 Å². The number of anilines is 1. The molecule has 0 atom stereocenters. The maximum absolute atomic E-state index is 12.7. The highest BCUT2D eigenvalue weighted by atomic mass is 35.5. The van der Waals surface area contributed by atoms with E-state index in [0.29, 0.717) is 16.1 Å². The highest BCUT2D eigenvalue weighted by Crippen LogP contribution is 2.37. The summed E-state index contributed by atoms with van der Waals surface area (Å²) >= 11 is 3.08. The standard InChI is InChI=1S/C23H23N3O2S2.ClH/c1-29-17-9-7-16(8-10-17)22(28)25-23-20(21(24)27)18-11-12-26(14-19(18)30-23)13-15-5-3-2-4-6-15;/h2-10H,11-14H2,1H3,(H2,24,27)(H,25,28);1H. The third-order valence-corrected chi connectivity index (χ3v) is 7.09. The van der Waals surface area contributed by atoms with E-state index in [2.05, 4.69) is 22.3 Å². The molecule has 8 heteroatoms. The van der Waals surface area contributed by atoms with Crippen molar-refractivity contribution in [2.75, 3.05) is 18.1 Å². The van der Waals surface area contributed by atoms with Gasteiger partial charge in [-0.15, -0.1) is 35.5 Å². The van der Waals surface area contributed by atoms with Gasteiger partial charge in [-0.25, -0.2) is 0 Å². The Labute approximate surface area is 196 Å². The molecule has 3 aromatic rings. The van der Waals surface area contributed by atoms with Crippen molar-refractivity contribution in [3.63, 3.8) is 0 Å². The van der Waals surface area contributed by atoms with Crippen LogP contribution in [0.3, 0.4) is 0 Å². The van der Waals surface area contributed by atoms with E-state index in [-0.39, 0.29) is 18.3 Å². The molecular formula is C23H24ClN3O2S2.